The first-order chi connectivity index (χ1) is 7.65. The quantitative estimate of drug-likeness (QED) is 0.793. The van der Waals surface area contributed by atoms with Crippen molar-refractivity contribution in [2.45, 2.75) is 33.1 Å². The van der Waals surface area contributed by atoms with Gasteiger partial charge in [-0.1, -0.05) is 32.0 Å². The van der Waals surface area contributed by atoms with Crippen LogP contribution in [0.15, 0.2) is 18.2 Å². The zero-order valence-corrected chi connectivity index (χ0v) is 10.4. The Kier molecular flexibility index (Phi) is 3.01. The SMILES string of the molecule is Cc1[nH]c2c(C(C)C)cccc2c1CC[NH3+]. The predicted molar refractivity (Wildman–Crippen MR) is 68.6 cm³/mol. The summed E-state index contributed by atoms with van der Waals surface area (Å²) >= 11 is 0. The van der Waals surface area contributed by atoms with Crippen molar-refractivity contribution < 1.29 is 5.73 Å². The van der Waals surface area contributed by atoms with Crippen LogP contribution in [0.2, 0.25) is 0 Å². The lowest BCUT2D eigenvalue weighted by Gasteiger charge is -2.06. The zero-order chi connectivity index (χ0) is 11.7. The Morgan fingerprint density at radius 2 is 2.06 bits per heavy atom. The van der Waals surface area contributed by atoms with E-state index in [4.69, 9.17) is 0 Å². The fourth-order valence-corrected chi connectivity index (χ4v) is 2.41. The van der Waals surface area contributed by atoms with E-state index >= 15 is 0 Å². The molecule has 0 radical (unpaired) electrons. The molecular formula is C14H21N2+. The van der Waals surface area contributed by atoms with E-state index in [1.165, 1.54) is 27.7 Å². The number of benzene rings is 1. The third-order valence-corrected chi connectivity index (χ3v) is 3.24. The second-order valence-corrected chi connectivity index (χ2v) is 4.76. The fourth-order valence-electron chi connectivity index (χ4n) is 2.41. The van der Waals surface area contributed by atoms with E-state index in [0.717, 1.165) is 13.0 Å². The second kappa shape index (κ2) is 4.30. The highest BCUT2D eigenvalue weighted by Gasteiger charge is 2.12. The molecule has 1 aromatic carbocycles. The van der Waals surface area contributed by atoms with Crippen LogP contribution in [0.4, 0.5) is 0 Å². The topological polar surface area (TPSA) is 43.4 Å². The van der Waals surface area contributed by atoms with E-state index in [2.05, 4.69) is 49.7 Å². The van der Waals surface area contributed by atoms with Crippen LogP contribution in [0.5, 0.6) is 0 Å². The van der Waals surface area contributed by atoms with Crippen molar-refractivity contribution in [2.24, 2.45) is 0 Å². The summed E-state index contributed by atoms with van der Waals surface area (Å²) in [6, 6.07) is 6.60. The molecule has 86 valence electrons. The summed E-state index contributed by atoms with van der Waals surface area (Å²) < 4.78 is 0. The molecule has 0 unspecified atom stereocenters. The first kappa shape index (κ1) is 11.2. The summed E-state index contributed by atoms with van der Waals surface area (Å²) in [6.07, 6.45) is 1.06. The van der Waals surface area contributed by atoms with Crippen LogP contribution in [0.25, 0.3) is 10.9 Å². The molecule has 0 aliphatic rings. The van der Waals surface area contributed by atoms with Gasteiger partial charge in [-0.3, -0.25) is 0 Å². The molecule has 2 rings (SSSR count). The van der Waals surface area contributed by atoms with Gasteiger partial charge in [-0.05, 0) is 24.0 Å². The number of quaternary nitrogens is 1. The van der Waals surface area contributed by atoms with Crippen LogP contribution < -0.4 is 5.73 Å². The summed E-state index contributed by atoms with van der Waals surface area (Å²) in [5, 5.41) is 1.38. The number of H-pyrrole nitrogens is 1. The Hall–Kier alpha value is -1.28. The zero-order valence-electron chi connectivity index (χ0n) is 10.4. The summed E-state index contributed by atoms with van der Waals surface area (Å²) in [7, 11) is 0. The Bertz CT molecular complexity index is 495. The van der Waals surface area contributed by atoms with Gasteiger partial charge in [-0.15, -0.1) is 0 Å². The number of rotatable bonds is 3. The maximum atomic E-state index is 3.95. The molecule has 2 nitrogen and oxygen atoms in total. The lowest BCUT2D eigenvalue weighted by Crippen LogP contribution is -2.51. The number of hydrogen-bond donors (Lipinski definition) is 2. The lowest BCUT2D eigenvalue weighted by atomic mass is 9.99. The lowest BCUT2D eigenvalue weighted by molar-refractivity contribution is -0.366. The van der Waals surface area contributed by atoms with Crippen molar-refractivity contribution in [3.63, 3.8) is 0 Å². The van der Waals surface area contributed by atoms with Gasteiger partial charge in [-0.25, -0.2) is 0 Å². The molecule has 0 saturated heterocycles. The maximum Gasteiger partial charge on any atom is 0.0781 e. The van der Waals surface area contributed by atoms with Gasteiger partial charge < -0.3 is 10.7 Å². The number of aromatic nitrogens is 1. The van der Waals surface area contributed by atoms with Crippen LogP contribution in [0.3, 0.4) is 0 Å². The minimum Gasteiger partial charge on any atom is -0.358 e. The summed E-state index contributed by atoms with van der Waals surface area (Å²) in [4.78, 5) is 3.53. The molecule has 0 aliphatic heterocycles. The first-order valence-electron chi connectivity index (χ1n) is 6.04. The molecule has 0 fully saturated rings. The highest BCUT2D eigenvalue weighted by atomic mass is 14.7. The van der Waals surface area contributed by atoms with Crippen LogP contribution in [0, 0.1) is 6.92 Å². The van der Waals surface area contributed by atoms with E-state index in [-0.39, 0.29) is 0 Å². The summed E-state index contributed by atoms with van der Waals surface area (Å²) in [6.45, 7) is 7.60. The van der Waals surface area contributed by atoms with Crippen LogP contribution in [-0.2, 0) is 6.42 Å². The van der Waals surface area contributed by atoms with Gasteiger partial charge >= 0.3 is 0 Å². The number of aryl methyl sites for hydroxylation is 1. The van der Waals surface area contributed by atoms with Crippen molar-refractivity contribution >= 4 is 10.9 Å². The van der Waals surface area contributed by atoms with Crippen LogP contribution >= 0.6 is 0 Å². The molecule has 1 heterocycles. The van der Waals surface area contributed by atoms with Gasteiger partial charge in [0.1, 0.15) is 0 Å². The third kappa shape index (κ3) is 1.74. The van der Waals surface area contributed by atoms with Crippen molar-refractivity contribution in [1.29, 1.82) is 0 Å². The highest BCUT2D eigenvalue weighted by Crippen LogP contribution is 2.29. The van der Waals surface area contributed by atoms with Gasteiger partial charge in [0, 0.05) is 23.0 Å². The third-order valence-electron chi connectivity index (χ3n) is 3.24. The predicted octanol–water partition coefficient (Wildman–Crippen LogP) is 2.38. The Balaban J connectivity index is 2.67. The van der Waals surface area contributed by atoms with Gasteiger partial charge in [0.05, 0.1) is 6.54 Å². The van der Waals surface area contributed by atoms with E-state index in [1.807, 2.05) is 0 Å². The second-order valence-electron chi connectivity index (χ2n) is 4.76. The highest BCUT2D eigenvalue weighted by molar-refractivity contribution is 5.87. The minimum absolute atomic E-state index is 0.564. The minimum atomic E-state index is 0.564. The molecule has 0 amide bonds. The average Bonchev–Trinajstić information content (AvgIpc) is 2.56. The molecule has 0 spiro atoms. The summed E-state index contributed by atoms with van der Waals surface area (Å²) in [5.74, 6) is 0.564. The van der Waals surface area contributed by atoms with Crippen LogP contribution in [0.1, 0.15) is 36.6 Å². The number of nitrogens with one attached hydrogen (secondary N) is 1. The number of para-hydroxylation sites is 1. The number of hydrogen-bond acceptors (Lipinski definition) is 0. The normalized spacial score (nSPS) is 11.6. The van der Waals surface area contributed by atoms with E-state index < -0.39 is 0 Å². The molecule has 2 heteroatoms. The molecule has 0 atom stereocenters. The van der Waals surface area contributed by atoms with Crippen molar-refractivity contribution in [3.05, 3.63) is 35.0 Å². The molecule has 0 saturated carbocycles. The average molecular weight is 217 g/mol. The molecular weight excluding hydrogens is 196 g/mol. The first-order valence-corrected chi connectivity index (χ1v) is 6.04. The molecule has 0 bridgehead atoms. The van der Waals surface area contributed by atoms with Crippen molar-refractivity contribution in [2.75, 3.05) is 6.54 Å². The monoisotopic (exact) mass is 217 g/mol. The van der Waals surface area contributed by atoms with Crippen LogP contribution in [-0.4, -0.2) is 11.5 Å². The van der Waals surface area contributed by atoms with Gasteiger partial charge in [0.15, 0.2) is 0 Å². The maximum absolute atomic E-state index is 3.95. The molecule has 2 aromatic rings. The van der Waals surface area contributed by atoms with E-state index in [0.29, 0.717) is 5.92 Å². The molecule has 4 N–H and O–H groups in total. The van der Waals surface area contributed by atoms with Gasteiger partial charge in [-0.2, -0.15) is 0 Å². The van der Waals surface area contributed by atoms with Gasteiger partial charge in [0.25, 0.3) is 0 Å². The van der Waals surface area contributed by atoms with E-state index in [9.17, 15) is 0 Å². The Morgan fingerprint density at radius 1 is 1.31 bits per heavy atom. The number of aromatic amines is 1. The van der Waals surface area contributed by atoms with E-state index in [1.54, 1.807) is 0 Å². The summed E-state index contributed by atoms with van der Waals surface area (Å²) in [5.41, 5.74) is 9.42. The van der Waals surface area contributed by atoms with Crippen molar-refractivity contribution in [1.82, 2.24) is 4.98 Å². The molecule has 0 aliphatic carbocycles. The Labute approximate surface area is 96.9 Å². The Morgan fingerprint density at radius 3 is 2.69 bits per heavy atom. The van der Waals surface area contributed by atoms with Crippen molar-refractivity contribution in [3.8, 4) is 0 Å². The molecule has 1 aromatic heterocycles. The standard InChI is InChI=1S/C14H20N2/c1-9(2)11-5-4-6-13-12(7-8-15)10(3)16-14(11)13/h4-6,9,16H,7-8,15H2,1-3H3/p+1. The fraction of sp³-hybridized carbons (Fsp3) is 0.429. The number of fused-ring (bicyclic) bond motifs is 1. The smallest absolute Gasteiger partial charge is 0.0781 e. The molecule has 16 heavy (non-hydrogen) atoms. The van der Waals surface area contributed by atoms with Gasteiger partial charge in [0.2, 0.25) is 0 Å². The largest absolute Gasteiger partial charge is 0.358 e.